The lowest BCUT2D eigenvalue weighted by Gasteiger charge is -2.26. The SMILES string of the molecule is CC(=O)N1CCc2cc(-c3cccc(-c4cc(N5CCNCC5)no4)c3O)ccc21. The Labute approximate surface area is 174 Å². The maximum atomic E-state index is 11.8. The van der Waals surface area contributed by atoms with E-state index in [0.717, 1.165) is 60.8 Å². The minimum atomic E-state index is 0.0527. The molecule has 1 saturated heterocycles. The normalized spacial score (nSPS) is 16.0. The van der Waals surface area contributed by atoms with Crippen LogP contribution in [0.1, 0.15) is 12.5 Å². The molecular weight excluding hydrogens is 380 g/mol. The molecule has 0 saturated carbocycles. The Kier molecular flexibility index (Phi) is 4.67. The number of hydrogen-bond donors (Lipinski definition) is 2. The third-order valence-corrected chi connectivity index (χ3v) is 5.91. The van der Waals surface area contributed by atoms with Gasteiger partial charge >= 0.3 is 0 Å². The monoisotopic (exact) mass is 404 g/mol. The number of para-hydroxylation sites is 1. The zero-order valence-electron chi connectivity index (χ0n) is 16.9. The van der Waals surface area contributed by atoms with Crippen LogP contribution in [-0.2, 0) is 11.2 Å². The molecule has 1 amide bonds. The Bertz CT molecular complexity index is 1100. The number of phenolic OH excluding ortho intramolecular Hbond substituents is 1. The molecule has 3 heterocycles. The van der Waals surface area contributed by atoms with E-state index in [9.17, 15) is 9.90 Å². The van der Waals surface area contributed by atoms with E-state index in [1.807, 2.05) is 36.4 Å². The Hall–Kier alpha value is -3.32. The van der Waals surface area contributed by atoms with Crippen LogP contribution in [0.25, 0.3) is 22.5 Å². The number of amides is 1. The van der Waals surface area contributed by atoms with Gasteiger partial charge in [0.15, 0.2) is 11.6 Å². The van der Waals surface area contributed by atoms with Crippen LogP contribution in [0.15, 0.2) is 47.0 Å². The van der Waals surface area contributed by atoms with Crippen LogP contribution in [0.4, 0.5) is 11.5 Å². The van der Waals surface area contributed by atoms with Crippen molar-refractivity contribution >= 4 is 17.4 Å². The topological polar surface area (TPSA) is 81.8 Å². The second-order valence-corrected chi connectivity index (χ2v) is 7.75. The number of piperazine rings is 1. The molecular formula is C23H24N4O3. The van der Waals surface area contributed by atoms with E-state index in [1.54, 1.807) is 11.8 Å². The molecule has 0 aliphatic carbocycles. The average Bonchev–Trinajstić information content (AvgIpc) is 3.41. The molecule has 1 fully saturated rings. The van der Waals surface area contributed by atoms with Gasteiger partial charge in [-0.05, 0) is 35.7 Å². The van der Waals surface area contributed by atoms with Crippen molar-refractivity contribution in [3.63, 3.8) is 0 Å². The predicted octanol–water partition coefficient (Wildman–Crippen LogP) is 3.03. The van der Waals surface area contributed by atoms with E-state index >= 15 is 0 Å². The summed E-state index contributed by atoms with van der Waals surface area (Å²) in [7, 11) is 0. The maximum Gasteiger partial charge on any atom is 0.223 e. The first-order chi connectivity index (χ1) is 14.6. The van der Waals surface area contributed by atoms with Crippen molar-refractivity contribution in [2.24, 2.45) is 0 Å². The van der Waals surface area contributed by atoms with Gasteiger partial charge in [0.05, 0.1) is 5.56 Å². The summed E-state index contributed by atoms with van der Waals surface area (Å²) in [5, 5.41) is 18.6. The zero-order valence-corrected chi connectivity index (χ0v) is 16.9. The molecule has 1 aromatic heterocycles. The number of carbonyl (C=O) groups excluding carboxylic acids is 1. The molecule has 7 nitrogen and oxygen atoms in total. The second kappa shape index (κ2) is 7.50. The Morgan fingerprint density at radius 1 is 1.10 bits per heavy atom. The number of carbonyl (C=O) groups is 1. The predicted molar refractivity (Wildman–Crippen MR) is 116 cm³/mol. The maximum absolute atomic E-state index is 11.8. The Balaban J connectivity index is 1.47. The first-order valence-corrected chi connectivity index (χ1v) is 10.3. The number of hydrogen-bond acceptors (Lipinski definition) is 6. The van der Waals surface area contributed by atoms with Crippen LogP contribution in [0.5, 0.6) is 5.75 Å². The molecule has 0 atom stereocenters. The molecule has 3 aromatic rings. The summed E-state index contributed by atoms with van der Waals surface area (Å²) >= 11 is 0. The number of aromatic hydroxyl groups is 1. The van der Waals surface area contributed by atoms with Crippen LogP contribution in [0, 0.1) is 0 Å². The van der Waals surface area contributed by atoms with Crippen LogP contribution in [0.2, 0.25) is 0 Å². The van der Waals surface area contributed by atoms with Gasteiger partial charge in [-0.15, -0.1) is 0 Å². The molecule has 0 spiro atoms. The lowest BCUT2D eigenvalue weighted by Crippen LogP contribution is -2.43. The number of fused-ring (bicyclic) bond motifs is 1. The van der Waals surface area contributed by atoms with E-state index < -0.39 is 0 Å². The van der Waals surface area contributed by atoms with Crippen molar-refractivity contribution in [1.29, 1.82) is 0 Å². The number of rotatable bonds is 3. The molecule has 2 aliphatic rings. The van der Waals surface area contributed by atoms with Crippen molar-refractivity contribution in [3.8, 4) is 28.2 Å². The standard InChI is InChI=1S/C23H24N4O3/c1-15(28)27-10-7-17-13-16(5-6-20(17)27)18-3-2-4-19(23(18)29)21-14-22(25-30-21)26-11-8-24-9-12-26/h2-6,13-14,24,29H,7-12H2,1H3. The third-order valence-electron chi connectivity index (χ3n) is 5.91. The lowest BCUT2D eigenvalue weighted by atomic mass is 9.98. The van der Waals surface area contributed by atoms with Gasteiger partial charge < -0.3 is 24.7 Å². The largest absolute Gasteiger partial charge is 0.507 e. The number of nitrogens with one attached hydrogen (secondary N) is 1. The second-order valence-electron chi connectivity index (χ2n) is 7.75. The fraction of sp³-hybridized carbons (Fsp3) is 0.304. The number of benzene rings is 2. The van der Waals surface area contributed by atoms with E-state index in [2.05, 4.69) is 21.4 Å². The minimum absolute atomic E-state index is 0.0527. The van der Waals surface area contributed by atoms with Crippen molar-refractivity contribution in [2.45, 2.75) is 13.3 Å². The Morgan fingerprint density at radius 2 is 1.90 bits per heavy atom. The summed E-state index contributed by atoms with van der Waals surface area (Å²) in [5.74, 6) is 1.56. The fourth-order valence-corrected chi connectivity index (χ4v) is 4.31. The molecule has 0 unspecified atom stereocenters. The van der Waals surface area contributed by atoms with Crippen molar-refractivity contribution in [2.75, 3.05) is 42.5 Å². The van der Waals surface area contributed by atoms with E-state index in [1.165, 1.54) is 0 Å². The van der Waals surface area contributed by atoms with Crippen molar-refractivity contribution < 1.29 is 14.4 Å². The molecule has 2 N–H and O–H groups in total. The van der Waals surface area contributed by atoms with Crippen LogP contribution in [0.3, 0.4) is 0 Å². The van der Waals surface area contributed by atoms with Gasteiger partial charge in [-0.25, -0.2) is 0 Å². The summed E-state index contributed by atoms with van der Waals surface area (Å²) in [5.41, 5.74) is 4.34. The lowest BCUT2D eigenvalue weighted by molar-refractivity contribution is -0.116. The summed E-state index contributed by atoms with van der Waals surface area (Å²) in [4.78, 5) is 15.8. The zero-order chi connectivity index (χ0) is 20.7. The molecule has 2 aromatic carbocycles. The molecule has 2 aliphatic heterocycles. The van der Waals surface area contributed by atoms with Crippen LogP contribution in [-0.4, -0.2) is 48.9 Å². The van der Waals surface area contributed by atoms with Crippen LogP contribution < -0.4 is 15.1 Å². The number of aromatic nitrogens is 1. The van der Waals surface area contributed by atoms with Crippen molar-refractivity contribution in [1.82, 2.24) is 10.5 Å². The summed E-state index contributed by atoms with van der Waals surface area (Å²) in [6.45, 7) is 5.89. The quantitative estimate of drug-likeness (QED) is 0.698. The van der Waals surface area contributed by atoms with E-state index in [0.29, 0.717) is 17.9 Å². The fourth-order valence-electron chi connectivity index (χ4n) is 4.31. The minimum Gasteiger partial charge on any atom is -0.507 e. The van der Waals surface area contributed by atoms with Gasteiger partial charge in [-0.3, -0.25) is 4.79 Å². The molecule has 0 radical (unpaired) electrons. The summed E-state index contributed by atoms with van der Waals surface area (Å²) < 4.78 is 5.57. The van der Waals surface area contributed by atoms with Crippen LogP contribution >= 0.6 is 0 Å². The first kappa shape index (κ1) is 18.7. The van der Waals surface area contributed by atoms with E-state index in [4.69, 9.17) is 4.52 Å². The highest BCUT2D eigenvalue weighted by molar-refractivity contribution is 5.94. The van der Waals surface area contributed by atoms with Gasteiger partial charge in [0.25, 0.3) is 0 Å². The Morgan fingerprint density at radius 3 is 2.70 bits per heavy atom. The van der Waals surface area contributed by atoms with Gasteiger partial charge in [0.1, 0.15) is 5.75 Å². The highest BCUT2D eigenvalue weighted by atomic mass is 16.5. The number of phenols is 1. The van der Waals surface area contributed by atoms with Gasteiger partial charge in [0, 0.05) is 57.0 Å². The third kappa shape index (κ3) is 3.21. The average molecular weight is 404 g/mol. The highest BCUT2D eigenvalue weighted by Gasteiger charge is 2.23. The number of anilines is 2. The first-order valence-electron chi connectivity index (χ1n) is 10.3. The molecule has 5 rings (SSSR count). The molecule has 154 valence electrons. The van der Waals surface area contributed by atoms with E-state index in [-0.39, 0.29) is 11.7 Å². The summed E-state index contributed by atoms with van der Waals surface area (Å²) in [6, 6.07) is 13.5. The molecule has 30 heavy (non-hydrogen) atoms. The molecule has 7 heteroatoms. The van der Waals surface area contributed by atoms with Gasteiger partial charge in [0.2, 0.25) is 5.91 Å². The van der Waals surface area contributed by atoms with Gasteiger partial charge in [-0.1, -0.05) is 23.4 Å². The van der Waals surface area contributed by atoms with Crippen molar-refractivity contribution in [3.05, 3.63) is 48.0 Å². The number of nitrogens with zero attached hydrogens (tertiary/aromatic N) is 3. The highest BCUT2D eigenvalue weighted by Crippen LogP contribution is 2.41. The van der Waals surface area contributed by atoms with Gasteiger partial charge in [-0.2, -0.15) is 0 Å². The summed E-state index contributed by atoms with van der Waals surface area (Å²) in [6.07, 6.45) is 0.819. The molecule has 0 bridgehead atoms. The smallest absolute Gasteiger partial charge is 0.223 e.